The predicted molar refractivity (Wildman–Crippen MR) is 108 cm³/mol. The number of rotatable bonds is 4. The van der Waals surface area contributed by atoms with E-state index in [2.05, 4.69) is 12.1 Å². The van der Waals surface area contributed by atoms with Gasteiger partial charge in [-0.25, -0.2) is 8.78 Å². The lowest BCUT2D eigenvalue weighted by Crippen LogP contribution is -2.52. The molecule has 0 radical (unpaired) electrons. The third-order valence-corrected chi connectivity index (χ3v) is 6.56. The highest BCUT2D eigenvalue weighted by Crippen LogP contribution is 2.39. The minimum absolute atomic E-state index is 0.145. The molecule has 1 aromatic heterocycles. The van der Waals surface area contributed by atoms with Crippen LogP contribution in [0.5, 0.6) is 5.75 Å². The minimum atomic E-state index is -2.03. The molecule has 0 spiro atoms. The molecule has 1 fully saturated rings. The molecule has 1 unspecified atom stereocenters. The van der Waals surface area contributed by atoms with Crippen molar-refractivity contribution in [1.29, 1.82) is 0 Å². The zero-order valence-corrected chi connectivity index (χ0v) is 16.6. The van der Waals surface area contributed by atoms with Crippen molar-refractivity contribution in [2.75, 3.05) is 6.67 Å². The number of benzene rings is 2. The van der Waals surface area contributed by atoms with Crippen LogP contribution >= 0.6 is 11.3 Å². The summed E-state index contributed by atoms with van der Waals surface area (Å²) in [6.45, 7) is 0.726. The van der Waals surface area contributed by atoms with Gasteiger partial charge in [0.1, 0.15) is 36.8 Å². The van der Waals surface area contributed by atoms with Crippen LogP contribution in [0.1, 0.15) is 27.7 Å². The van der Waals surface area contributed by atoms with E-state index < -0.39 is 37.3 Å². The number of aliphatic hydroxyl groups excluding tert-OH is 2. The molecule has 1 saturated heterocycles. The van der Waals surface area contributed by atoms with Crippen molar-refractivity contribution in [2.45, 2.75) is 43.9 Å². The van der Waals surface area contributed by atoms with Gasteiger partial charge in [0.2, 0.25) is 0 Å². The van der Waals surface area contributed by atoms with Gasteiger partial charge in [0.15, 0.2) is 6.17 Å². The highest BCUT2D eigenvalue weighted by Gasteiger charge is 2.46. The van der Waals surface area contributed by atoms with Crippen molar-refractivity contribution in [3.8, 4) is 5.75 Å². The predicted octanol–water partition coefficient (Wildman–Crippen LogP) is 3.98. The summed E-state index contributed by atoms with van der Waals surface area (Å²) in [5.41, 5.74) is 1.96. The average molecular weight is 420 g/mol. The lowest BCUT2D eigenvalue weighted by atomic mass is 9.89. The lowest BCUT2D eigenvalue weighted by Gasteiger charge is -2.39. The fourth-order valence-corrected chi connectivity index (χ4v) is 4.88. The minimum Gasteiger partial charge on any atom is -0.508 e. The molecule has 3 aromatic rings. The topological polar surface area (TPSA) is 69.9 Å². The van der Waals surface area contributed by atoms with E-state index in [1.54, 1.807) is 23.5 Å². The van der Waals surface area contributed by atoms with Gasteiger partial charge in [0, 0.05) is 21.6 Å². The quantitative estimate of drug-likeness (QED) is 0.597. The van der Waals surface area contributed by atoms with Gasteiger partial charge in [-0.2, -0.15) is 0 Å². The van der Waals surface area contributed by atoms with E-state index in [1.165, 1.54) is 4.70 Å². The van der Waals surface area contributed by atoms with E-state index in [4.69, 9.17) is 4.74 Å². The van der Waals surface area contributed by atoms with Crippen molar-refractivity contribution in [3.63, 3.8) is 0 Å². The van der Waals surface area contributed by atoms with Gasteiger partial charge in [0.05, 0.1) is 0 Å². The number of thiophene rings is 1. The van der Waals surface area contributed by atoms with Crippen LogP contribution in [-0.2, 0) is 11.2 Å². The Morgan fingerprint density at radius 2 is 1.86 bits per heavy atom. The fraction of sp³-hybridized carbons (Fsp3) is 0.364. The molecule has 4 nitrogen and oxygen atoms in total. The Kier molecular flexibility index (Phi) is 5.57. The second-order valence-corrected chi connectivity index (χ2v) is 8.61. The SMILES string of the molecule is Cc1cc(O)c(C2O[C@H](CF)[C@@H](F)[C@H](O)[C@H]2O)cc1Cc1cc2ccccc2s1. The maximum absolute atomic E-state index is 14.0. The molecule has 2 heterocycles. The average Bonchev–Trinajstić information content (AvgIpc) is 3.11. The number of alkyl halides is 2. The summed E-state index contributed by atoms with van der Waals surface area (Å²) < 4.78 is 33.7. The van der Waals surface area contributed by atoms with Crippen molar-refractivity contribution in [2.24, 2.45) is 0 Å². The summed E-state index contributed by atoms with van der Waals surface area (Å²) in [7, 11) is 0. The highest BCUT2D eigenvalue weighted by molar-refractivity contribution is 7.19. The van der Waals surface area contributed by atoms with Crippen LogP contribution in [0.4, 0.5) is 8.78 Å². The Balaban J connectivity index is 1.68. The van der Waals surface area contributed by atoms with Gasteiger partial charge >= 0.3 is 0 Å². The zero-order valence-electron chi connectivity index (χ0n) is 15.8. The van der Waals surface area contributed by atoms with E-state index in [0.29, 0.717) is 6.42 Å². The molecule has 0 saturated carbocycles. The molecule has 4 rings (SSSR count). The Labute approximate surface area is 171 Å². The van der Waals surface area contributed by atoms with E-state index in [9.17, 15) is 24.1 Å². The number of aliphatic hydroxyl groups is 2. The van der Waals surface area contributed by atoms with Gasteiger partial charge in [-0.05, 0) is 47.7 Å². The van der Waals surface area contributed by atoms with Crippen LogP contribution in [0, 0.1) is 6.92 Å². The third-order valence-electron chi connectivity index (χ3n) is 5.45. The van der Waals surface area contributed by atoms with Crippen LogP contribution in [0.2, 0.25) is 0 Å². The zero-order chi connectivity index (χ0) is 20.7. The molecular formula is C22H22F2O4S. The first-order valence-corrected chi connectivity index (χ1v) is 10.2. The Morgan fingerprint density at radius 1 is 1.10 bits per heavy atom. The number of halogens is 2. The molecule has 5 atom stereocenters. The maximum atomic E-state index is 14.0. The first-order valence-electron chi connectivity index (χ1n) is 9.40. The summed E-state index contributed by atoms with van der Waals surface area (Å²) in [4.78, 5) is 1.13. The number of phenols is 1. The third kappa shape index (κ3) is 3.75. The number of phenolic OH excluding ortho intramolecular Hbond substituents is 1. The van der Waals surface area contributed by atoms with Crippen LogP contribution in [0.25, 0.3) is 10.1 Å². The summed E-state index contributed by atoms with van der Waals surface area (Å²) in [6, 6.07) is 13.4. The number of fused-ring (bicyclic) bond motifs is 1. The van der Waals surface area contributed by atoms with Crippen LogP contribution in [0.15, 0.2) is 42.5 Å². The molecule has 7 heteroatoms. The molecule has 0 amide bonds. The van der Waals surface area contributed by atoms with Crippen molar-refractivity contribution >= 4 is 21.4 Å². The molecule has 3 N–H and O–H groups in total. The van der Waals surface area contributed by atoms with Crippen LogP contribution < -0.4 is 0 Å². The molecule has 29 heavy (non-hydrogen) atoms. The van der Waals surface area contributed by atoms with E-state index in [1.807, 2.05) is 25.1 Å². The first kappa shape index (κ1) is 20.2. The molecule has 1 aliphatic rings. The van der Waals surface area contributed by atoms with E-state index in [-0.39, 0.29) is 11.3 Å². The maximum Gasteiger partial charge on any atom is 0.157 e. The molecular weight excluding hydrogens is 398 g/mol. The second-order valence-electron chi connectivity index (χ2n) is 7.44. The summed E-state index contributed by atoms with van der Waals surface area (Å²) in [5.74, 6) is -0.145. The van der Waals surface area contributed by atoms with Gasteiger partial charge in [0.25, 0.3) is 0 Å². The normalized spacial score (nSPS) is 27.4. The highest BCUT2D eigenvalue weighted by atomic mass is 32.1. The number of aryl methyl sites for hydroxylation is 1. The summed E-state index contributed by atoms with van der Waals surface area (Å²) in [6.07, 6.45) is -7.55. The Bertz CT molecular complexity index is 986. The Morgan fingerprint density at radius 3 is 2.59 bits per heavy atom. The van der Waals surface area contributed by atoms with Crippen LogP contribution in [0.3, 0.4) is 0 Å². The summed E-state index contributed by atoms with van der Waals surface area (Å²) in [5, 5.41) is 31.8. The Hall–Kier alpha value is -2.06. The number of hydrogen-bond acceptors (Lipinski definition) is 5. The second kappa shape index (κ2) is 7.99. The fourth-order valence-electron chi connectivity index (χ4n) is 3.80. The lowest BCUT2D eigenvalue weighted by molar-refractivity contribution is -0.209. The smallest absolute Gasteiger partial charge is 0.157 e. The van der Waals surface area contributed by atoms with Crippen LogP contribution in [-0.4, -0.2) is 46.5 Å². The number of hydrogen-bond donors (Lipinski definition) is 3. The van der Waals surface area contributed by atoms with Gasteiger partial charge in [-0.1, -0.05) is 18.2 Å². The van der Waals surface area contributed by atoms with Crippen molar-refractivity contribution in [1.82, 2.24) is 0 Å². The van der Waals surface area contributed by atoms with Crippen molar-refractivity contribution in [3.05, 3.63) is 64.0 Å². The largest absolute Gasteiger partial charge is 0.508 e. The monoisotopic (exact) mass is 420 g/mol. The molecule has 0 bridgehead atoms. The van der Waals surface area contributed by atoms with Gasteiger partial charge in [-0.15, -0.1) is 11.3 Å². The summed E-state index contributed by atoms with van der Waals surface area (Å²) >= 11 is 1.67. The van der Waals surface area contributed by atoms with Gasteiger partial charge in [-0.3, -0.25) is 0 Å². The van der Waals surface area contributed by atoms with E-state index in [0.717, 1.165) is 21.4 Å². The van der Waals surface area contributed by atoms with Gasteiger partial charge < -0.3 is 20.1 Å². The molecule has 154 valence electrons. The number of aromatic hydroxyl groups is 1. The molecule has 1 aliphatic heterocycles. The number of ether oxygens (including phenoxy) is 1. The first-order chi connectivity index (χ1) is 13.9. The molecule has 2 aromatic carbocycles. The van der Waals surface area contributed by atoms with E-state index >= 15 is 0 Å². The standard InChI is InChI=1S/C22H22F2O4S/c1-11-6-16(25)15(22-21(27)20(26)19(24)17(10-23)28-22)9-13(11)8-14-7-12-4-2-3-5-18(12)29-14/h2-7,9,17,19-22,25-27H,8,10H2,1H3/t17-,19-,20+,21-,22?/m1/s1. The van der Waals surface area contributed by atoms with Crippen molar-refractivity contribution < 1.29 is 28.8 Å². The molecule has 0 aliphatic carbocycles.